The quantitative estimate of drug-likeness (QED) is 0.436. The molecular formula is C4H3N2O. The van der Waals surface area contributed by atoms with Crippen LogP contribution in [-0.2, 0) is 4.79 Å². The van der Waals surface area contributed by atoms with Crippen molar-refractivity contribution < 1.29 is 4.79 Å². The predicted molar refractivity (Wildman–Crippen MR) is 22.3 cm³/mol. The Morgan fingerprint density at radius 1 is 1.57 bits per heavy atom. The Morgan fingerprint density at radius 3 is 2.43 bits per heavy atom. The Hall–Kier alpha value is -0.990. The maximum absolute atomic E-state index is 10.1. The van der Waals surface area contributed by atoms with Crippen molar-refractivity contribution in [1.29, 1.82) is 0 Å². The molecule has 0 N–H and O–H groups in total. The fourth-order valence-corrected chi connectivity index (χ4v) is 0.325. The zero-order chi connectivity index (χ0) is 5.28. The summed E-state index contributed by atoms with van der Waals surface area (Å²) < 4.78 is 0. The molecular weight excluding hydrogens is 92.1 g/mol. The summed E-state index contributed by atoms with van der Waals surface area (Å²) in [6.07, 6.45) is 2.36. The van der Waals surface area contributed by atoms with Gasteiger partial charge in [-0.25, -0.2) is 0 Å². The summed E-state index contributed by atoms with van der Waals surface area (Å²) in [5.41, 5.74) is 0.560. The van der Waals surface area contributed by atoms with Crippen LogP contribution in [0.25, 0.3) is 0 Å². The highest BCUT2D eigenvalue weighted by Gasteiger charge is 2.01. The van der Waals surface area contributed by atoms with Crippen molar-refractivity contribution in [2.75, 3.05) is 0 Å². The number of azo groups is 1. The van der Waals surface area contributed by atoms with E-state index in [-0.39, 0.29) is 5.91 Å². The summed E-state index contributed by atoms with van der Waals surface area (Å²) in [6.45, 7) is 1.68. The second-order valence-corrected chi connectivity index (χ2v) is 1.22. The summed E-state index contributed by atoms with van der Waals surface area (Å²) >= 11 is 0. The normalized spacial score (nSPS) is 17.9. The molecule has 7 heavy (non-hydrogen) atoms. The van der Waals surface area contributed by atoms with Gasteiger partial charge in [0.25, 0.3) is 5.91 Å². The first kappa shape index (κ1) is 4.18. The van der Waals surface area contributed by atoms with Gasteiger partial charge in [0.15, 0.2) is 0 Å². The van der Waals surface area contributed by atoms with Crippen LogP contribution in [0.2, 0.25) is 0 Å². The second-order valence-electron chi connectivity index (χ2n) is 1.22. The Kier molecular flexibility index (Phi) is 0.749. The lowest BCUT2D eigenvalue weighted by Gasteiger charge is -1.66. The summed E-state index contributed by atoms with van der Waals surface area (Å²) in [7, 11) is 0. The smallest absolute Gasteiger partial charge is 0.265 e. The lowest BCUT2D eigenvalue weighted by atomic mass is 10.5. The third kappa shape index (κ3) is 0.707. The number of allylic oxidation sites excluding steroid dienone is 1. The summed E-state index contributed by atoms with van der Waals surface area (Å²) in [6, 6.07) is 0. The molecule has 0 bridgehead atoms. The van der Waals surface area contributed by atoms with Gasteiger partial charge in [-0.05, 0) is 6.92 Å². The highest BCUT2D eigenvalue weighted by molar-refractivity contribution is 5.85. The van der Waals surface area contributed by atoms with E-state index in [9.17, 15) is 4.79 Å². The third-order valence-electron chi connectivity index (χ3n) is 0.579. The number of hydrogen-bond donors (Lipinski definition) is 0. The van der Waals surface area contributed by atoms with Crippen LogP contribution in [0.15, 0.2) is 15.9 Å². The van der Waals surface area contributed by atoms with Gasteiger partial charge in [0.1, 0.15) is 0 Å². The standard InChI is InChI=1S/C4H3N2O/c1-3-2-4(7)6-5-3/h1H3. The van der Waals surface area contributed by atoms with Crippen molar-refractivity contribution in [3.8, 4) is 0 Å². The maximum atomic E-state index is 10.1. The van der Waals surface area contributed by atoms with Crippen molar-refractivity contribution in [2.45, 2.75) is 6.92 Å². The molecule has 1 radical (unpaired) electrons. The Bertz CT molecular complexity index is 157. The molecule has 1 heterocycles. The average Bonchev–Trinajstić information content (AvgIpc) is 1.87. The van der Waals surface area contributed by atoms with E-state index in [2.05, 4.69) is 16.3 Å². The van der Waals surface area contributed by atoms with Crippen LogP contribution < -0.4 is 0 Å². The molecule has 0 aromatic heterocycles. The molecule has 1 aliphatic rings. The van der Waals surface area contributed by atoms with Crippen LogP contribution >= 0.6 is 0 Å². The SMILES string of the molecule is CC1=[C]C(=O)N=N1. The first-order valence-corrected chi connectivity index (χ1v) is 1.85. The number of hydrogen-bond acceptors (Lipinski definition) is 2. The molecule has 0 aromatic carbocycles. The van der Waals surface area contributed by atoms with E-state index in [0.29, 0.717) is 5.70 Å². The molecule has 3 heteroatoms. The monoisotopic (exact) mass is 95.0 g/mol. The first-order chi connectivity index (χ1) is 3.29. The molecule has 0 saturated carbocycles. The molecule has 1 aliphatic heterocycles. The van der Waals surface area contributed by atoms with E-state index >= 15 is 0 Å². The summed E-state index contributed by atoms with van der Waals surface area (Å²) in [4.78, 5) is 10.1. The number of carbonyl (C=O) groups excluding carboxylic acids is 1. The molecule has 0 atom stereocenters. The van der Waals surface area contributed by atoms with Crippen molar-refractivity contribution in [3.63, 3.8) is 0 Å². The average molecular weight is 95.1 g/mol. The fourth-order valence-electron chi connectivity index (χ4n) is 0.325. The van der Waals surface area contributed by atoms with E-state index in [4.69, 9.17) is 0 Å². The second kappa shape index (κ2) is 1.26. The minimum Gasteiger partial charge on any atom is -0.265 e. The van der Waals surface area contributed by atoms with Crippen LogP contribution in [0.1, 0.15) is 6.92 Å². The molecule has 35 valence electrons. The van der Waals surface area contributed by atoms with Crippen LogP contribution in [-0.4, -0.2) is 5.91 Å². The molecule has 0 saturated heterocycles. The highest BCUT2D eigenvalue weighted by Crippen LogP contribution is 2.02. The zero-order valence-electron chi connectivity index (χ0n) is 3.80. The molecule has 0 fully saturated rings. The van der Waals surface area contributed by atoms with Crippen molar-refractivity contribution in [2.24, 2.45) is 10.2 Å². The van der Waals surface area contributed by atoms with Gasteiger partial charge < -0.3 is 0 Å². The minimum absolute atomic E-state index is 0.377. The molecule has 0 aromatic rings. The molecule has 0 spiro atoms. The van der Waals surface area contributed by atoms with Gasteiger partial charge in [-0.2, -0.15) is 5.11 Å². The van der Waals surface area contributed by atoms with Crippen molar-refractivity contribution >= 4 is 5.91 Å². The third-order valence-corrected chi connectivity index (χ3v) is 0.579. The topological polar surface area (TPSA) is 41.8 Å². The predicted octanol–water partition coefficient (Wildman–Crippen LogP) is 0.686. The lowest BCUT2D eigenvalue weighted by molar-refractivity contribution is -0.114. The largest absolute Gasteiger partial charge is 0.298 e. The van der Waals surface area contributed by atoms with Gasteiger partial charge >= 0.3 is 0 Å². The van der Waals surface area contributed by atoms with Crippen LogP contribution in [0.5, 0.6) is 0 Å². The zero-order valence-corrected chi connectivity index (χ0v) is 3.80. The van der Waals surface area contributed by atoms with E-state index in [1.807, 2.05) is 0 Å². The fraction of sp³-hybridized carbons (Fsp3) is 0.250. The van der Waals surface area contributed by atoms with Crippen molar-refractivity contribution in [1.82, 2.24) is 0 Å². The van der Waals surface area contributed by atoms with Gasteiger partial charge in [-0.1, -0.05) is 0 Å². The number of carbonyl (C=O) groups is 1. The Morgan fingerprint density at radius 2 is 2.29 bits per heavy atom. The van der Waals surface area contributed by atoms with Crippen LogP contribution in [0.4, 0.5) is 0 Å². The van der Waals surface area contributed by atoms with Gasteiger partial charge in [-0.3, -0.25) is 4.79 Å². The van der Waals surface area contributed by atoms with Gasteiger partial charge in [-0.15, -0.1) is 5.11 Å². The van der Waals surface area contributed by atoms with Gasteiger partial charge in [0, 0.05) is 0 Å². The highest BCUT2D eigenvalue weighted by atomic mass is 16.1. The van der Waals surface area contributed by atoms with E-state index in [1.54, 1.807) is 6.92 Å². The van der Waals surface area contributed by atoms with Crippen LogP contribution in [0.3, 0.4) is 0 Å². The molecule has 0 unspecified atom stereocenters. The molecule has 3 nitrogen and oxygen atoms in total. The lowest BCUT2D eigenvalue weighted by Crippen LogP contribution is -1.77. The Labute approximate surface area is 40.7 Å². The Balaban J connectivity index is 2.88. The van der Waals surface area contributed by atoms with Crippen molar-refractivity contribution in [3.05, 3.63) is 11.8 Å². The summed E-state index contributed by atoms with van der Waals surface area (Å²) in [5, 5.41) is 6.55. The van der Waals surface area contributed by atoms with Crippen LogP contribution in [0, 0.1) is 6.08 Å². The molecule has 0 aliphatic carbocycles. The number of nitrogens with zero attached hydrogens (tertiary/aromatic N) is 2. The van der Waals surface area contributed by atoms with Gasteiger partial charge in [0.2, 0.25) is 0 Å². The van der Waals surface area contributed by atoms with E-state index in [1.165, 1.54) is 0 Å². The van der Waals surface area contributed by atoms with E-state index in [0.717, 1.165) is 0 Å². The minimum atomic E-state index is -0.377. The van der Waals surface area contributed by atoms with Gasteiger partial charge in [0.05, 0.1) is 11.8 Å². The first-order valence-electron chi connectivity index (χ1n) is 1.85. The maximum Gasteiger partial charge on any atom is 0.298 e. The molecule has 1 amide bonds. The number of amides is 1. The number of rotatable bonds is 0. The van der Waals surface area contributed by atoms with E-state index < -0.39 is 0 Å². The molecule has 1 rings (SSSR count). The summed E-state index contributed by atoms with van der Waals surface area (Å²) in [5.74, 6) is -0.377.